The molecule has 86 valence electrons. The number of aromatic nitrogens is 1. The van der Waals surface area contributed by atoms with Crippen LogP contribution in [0.1, 0.15) is 31.0 Å². The third kappa shape index (κ3) is 1.83. The van der Waals surface area contributed by atoms with Gasteiger partial charge in [0.05, 0.1) is 5.56 Å². The Labute approximate surface area is 98.5 Å². The largest absolute Gasteiger partial charge is 0.325 e. The molecule has 0 bridgehead atoms. The van der Waals surface area contributed by atoms with E-state index in [1.807, 2.05) is 13.8 Å². The Balaban J connectivity index is 3.03. The molecule has 1 aromatic heterocycles. The maximum absolute atomic E-state index is 13.6. The molecule has 17 heavy (non-hydrogen) atoms. The second-order valence-corrected chi connectivity index (χ2v) is 4.23. The lowest BCUT2D eigenvalue weighted by atomic mass is 9.97. The topological polar surface area (TPSA) is 32.9 Å². The summed E-state index contributed by atoms with van der Waals surface area (Å²) < 4.78 is 13.6. The van der Waals surface area contributed by atoms with Gasteiger partial charge in [-0.15, -0.1) is 6.42 Å². The molecule has 0 atom stereocenters. The smallest absolute Gasteiger partial charge is 0.248 e. The van der Waals surface area contributed by atoms with Crippen LogP contribution in [0.15, 0.2) is 23.0 Å². The van der Waals surface area contributed by atoms with Gasteiger partial charge in [-0.05, 0) is 17.4 Å². The minimum Gasteiger partial charge on any atom is -0.325 e. The Morgan fingerprint density at radius 1 is 1.41 bits per heavy atom. The van der Waals surface area contributed by atoms with Crippen LogP contribution in [0, 0.1) is 18.2 Å². The normalized spacial score (nSPS) is 10.8. The van der Waals surface area contributed by atoms with Gasteiger partial charge in [-0.25, -0.2) is 4.39 Å². The average molecular weight is 229 g/mol. The van der Waals surface area contributed by atoms with E-state index in [1.54, 1.807) is 6.07 Å². The first-order valence-electron chi connectivity index (χ1n) is 5.36. The van der Waals surface area contributed by atoms with Crippen molar-refractivity contribution in [1.82, 2.24) is 4.98 Å². The molecule has 3 heteroatoms. The molecule has 1 aromatic carbocycles. The second-order valence-electron chi connectivity index (χ2n) is 4.23. The molecule has 2 nitrogen and oxygen atoms in total. The van der Waals surface area contributed by atoms with Crippen molar-refractivity contribution in [2.24, 2.45) is 0 Å². The van der Waals surface area contributed by atoms with Crippen LogP contribution >= 0.6 is 0 Å². The summed E-state index contributed by atoms with van der Waals surface area (Å²) in [5, 5.41) is 1.30. The summed E-state index contributed by atoms with van der Waals surface area (Å²) in [7, 11) is 0. The van der Waals surface area contributed by atoms with Gasteiger partial charge in [0.25, 0.3) is 0 Å². The molecule has 1 N–H and O–H groups in total. The van der Waals surface area contributed by atoms with Crippen LogP contribution in [-0.4, -0.2) is 4.98 Å². The highest BCUT2D eigenvalue weighted by atomic mass is 19.1. The quantitative estimate of drug-likeness (QED) is 0.749. The Bertz CT molecular complexity index is 677. The van der Waals surface area contributed by atoms with Crippen LogP contribution in [-0.2, 0) is 0 Å². The summed E-state index contributed by atoms with van der Waals surface area (Å²) in [5.41, 5.74) is 0.693. The van der Waals surface area contributed by atoms with E-state index in [2.05, 4.69) is 10.9 Å². The van der Waals surface area contributed by atoms with E-state index < -0.39 is 5.82 Å². The van der Waals surface area contributed by atoms with Crippen molar-refractivity contribution in [1.29, 1.82) is 0 Å². The number of nitrogens with one attached hydrogen (secondary N) is 1. The number of H-pyrrole nitrogens is 1. The van der Waals surface area contributed by atoms with E-state index in [4.69, 9.17) is 6.42 Å². The zero-order valence-corrected chi connectivity index (χ0v) is 9.67. The highest BCUT2D eigenvalue weighted by Crippen LogP contribution is 2.26. The van der Waals surface area contributed by atoms with E-state index in [-0.39, 0.29) is 17.0 Å². The number of pyridine rings is 1. The number of benzene rings is 1. The van der Waals surface area contributed by atoms with Crippen molar-refractivity contribution in [3.05, 3.63) is 45.6 Å². The first-order valence-corrected chi connectivity index (χ1v) is 5.36. The summed E-state index contributed by atoms with van der Waals surface area (Å²) in [4.78, 5) is 14.2. The maximum atomic E-state index is 13.6. The van der Waals surface area contributed by atoms with E-state index in [0.717, 1.165) is 0 Å². The molecular formula is C14H12FNO. The van der Waals surface area contributed by atoms with Gasteiger partial charge in [0, 0.05) is 17.1 Å². The molecule has 2 aromatic rings. The Morgan fingerprint density at radius 2 is 2.12 bits per heavy atom. The fourth-order valence-corrected chi connectivity index (χ4v) is 1.95. The molecule has 0 amide bonds. The fraction of sp³-hybridized carbons (Fsp3) is 0.214. The molecule has 2 rings (SSSR count). The summed E-state index contributed by atoms with van der Waals surface area (Å²) in [6.07, 6.45) is 5.34. The Morgan fingerprint density at radius 3 is 2.71 bits per heavy atom. The molecule has 0 unspecified atom stereocenters. The lowest BCUT2D eigenvalue weighted by Gasteiger charge is -2.11. The van der Waals surface area contributed by atoms with E-state index in [1.165, 1.54) is 12.1 Å². The van der Waals surface area contributed by atoms with Gasteiger partial charge in [-0.1, -0.05) is 25.8 Å². The van der Waals surface area contributed by atoms with Gasteiger partial charge >= 0.3 is 0 Å². The number of hydrogen-bond acceptors (Lipinski definition) is 1. The zero-order valence-electron chi connectivity index (χ0n) is 9.67. The lowest BCUT2D eigenvalue weighted by Crippen LogP contribution is -2.10. The number of halogens is 1. The van der Waals surface area contributed by atoms with Crippen molar-refractivity contribution in [3.8, 4) is 12.3 Å². The van der Waals surface area contributed by atoms with Gasteiger partial charge in [0.1, 0.15) is 5.82 Å². The summed E-state index contributed by atoms with van der Waals surface area (Å²) >= 11 is 0. The van der Waals surface area contributed by atoms with Gasteiger partial charge in [-0.2, -0.15) is 0 Å². The Hall–Kier alpha value is -2.08. The average Bonchev–Trinajstić information content (AvgIpc) is 2.28. The molecule has 0 saturated heterocycles. The molecule has 0 radical (unpaired) electrons. The third-order valence-electron chi connectivity index (χ3n) is 2.72. The molecule has 0 aliphatic rings. The van der Waals surface area contributed by atoms with Crippen molar-refractivity contribution in [2.75, 3.05) is 0 Å². The number of fused-ring (bicyclic) bond motifs is 1. The van der Waals surface area contributed by atoms with Crippen molar-refractivity contribution in [2.45, 2.75) is 19.8 Å². The van der Waals surface area contributed by atoms with Crippen LogP contribution in [0.2, 0.25) is 0 Å². The molecule has 0 saturated carbocycles. The minimum atomic E-state index is -0.436. The van der Waals surface area contributed by atoms with Gasteiger partial charge in [0.15, 0.2) is 0 Å². The van der Waals surface area contributed by atoms with Crippen LogP contribution in [0.4, 0.5) is 4.39 Å². The molecule has 0 spiro atoms. The van der Waals surface area contributed by atoms with Gasteiger partial charge < -0.3 is 4.98 Å². The molecule has 0 aliphatic heterocycles. The molecular weight excluding hydrogens is 217 g/mol. The van der Waals surface area contributed by atoms with Gasteiger partial charge in [-0.3, -0.25) is 4.79 Å². The SMILES string of the molecule is C#Cc1c(F)ccc2cc(=O)[nH]c(C(C)C)c12. The maximum Gasteiger partial charge on any atom is 0.248 e. The third-order valence-corrected chi connectivity index (χ3v) is 2.72. The number of hydrogen-bond donors (Lipinski definition) is 1. The first kappa shape index (κ1) is 11.4. The van der Waals surface area contributed by atoms with Crippen molar-refractivity contribution in [3.63, 3.8) is 0 Å². The Kier molecular flexibility index (Phi) is 2.72. The standard InChI is InChI=1S/C14H12FNO/c1-4-10-11(15)6-5-9-7-12(17)16-14(8(2)3)13(9)10/h1,5-8H,2-3H3,(H,16,17). The summed E-state index contributed by atoms with van der Waals surface area (Å²) in [5.74, 6) is 1.99. The molecule has 0 aliphatic carbocycles. The monoisotopic (exact) mass is 229 g/mol. The highest BCUT2D eigenvalue weighted by Gasteiger charge is 2.13. The summed E-state index contributed by atoms with van der Waals surface area (Å²) in [6.45, 7) is 3.85. The second kappa shape index (κ2) is 4.06. The number of aromatic amines is 1. The predicted molar refractivity (Wildman–Crippen MR) is 66.6 cm³/mol. The van der Waals surface area contributed by atoms with Crippen molar-refractivity contribution >= 4 is 10.8 Å². The number of rotatable bonds is 1. The van der Waals surface area contributed by atoms with E-state index in [9.17, 15) is 9.18 Å². The predicted octanol–water partition coefficient (Wildman–Crippen LogP) is 2.77. The van der Waals surface area contributed by atoms with Gasteiger partial charge in [0.2, 0.25) is 5.56 Å². The molecule has 0 fully saturated rings. The van der Waals surface area contributed by atoms with Crippen LogP contribution < -0.4 is 5.56 Å². The van der Waals surface area contributed by atoms with E-state index >= 15 is 0 Å². The fourth-order valence-electron chi connectivity index (χ4n) is 1.95. The highest BCUT2D eigenvalue weighted by molar-refractivity contribution is 5.90. The zero-order chi connectivity index (χ0) is 12.6. The first-order chi connectivity index (χ1) is 8.04. The minimum absolute atomic E-state index is 0.0697. The van der Waals surface area contributed by atoms with Crippen LogP contribution in [0.25, 0.3) is 10.8 Å². The van der Waals surface area contributed by atoms with Crippen LogP contribution in [0.5, 0.6) is 0 Å². The number of terminal acetylenes is 1. The van der Waals surface area contributed by atoms with Crippen molar-refractivity contribution < 1.29 is 4.39 Å². The van der Waals surface area contributed by atoms with E-state index in [0.29, 0.717) is 16.5 Å². The molecule has 1 heterocycles. The summed E-state index contributed by atoms with van der Waals surface area (Å²) in [6, 6.07) is 4.30. The lowest BCUT2D eigenvalue weighted by molar-refractivity contribution is 0.626. The van der Waals surface area contributed by atoms with Crippen LogP contribution in [0.3, 0.4) is 0 Å².